The van der Waals surface area contributed by atoms with Crippen LogP contribution in [0, 0.1) is 0 Å². The van der Waals surface area contributed by atoms with Gasteiger partial charge in [-0.1, -0.05) is 24.3 Å². The number of para-hydroxylation sites is 1. The summed E-state index contributed by atoms with van der Waals surface area (Å²) in [5, 5.41) is 6.70. The first-order chi connectivity index (χ1) is 13.7. The average molecular weight is 385 g/mol. The zero-order valence-electron chi connectivity index (χ0n) is 17.4. The van der Waals surface area contributed by atoms with E-state index in [0.717, 1.165) is 49.0 Å². The maximum absolute atomic E-state index is 5.35. The van der Waals surface area contributed by atoms with Crippen LogP contribution in [0.2, 0.25) is 0 Å². The number of rotatable bonds is 10. The molecule has 0 unspecified atom stereocenters. The number of benzene rings is 2. The van der Waals surface area contributed by atoms with Gasteiger partial charge in [0.2, 0.25) is 0 Å². The van der Waals surface area contributed by atoms with Crippen molar-refractivity contribution < 1.29 is 9.47 Å². The molecule has 0 bridgehead atoms. The molecule has 2 aromatic carbocycles. The lowest BCUT2D eigenvalue weighted by Crippen LogP contribution is -2.37. The van der Waals surface area contributed by atoms with Crippen LogP contribution >= 0.6 is 0 Å². The van der Waals surface area contributed by atoms with Gasteiger partial charge in [-0.05, 0) is 42.7 Å². The summed E-state index contributed by atoms with van der Waals surface area (Å²) in [6, 6.07) is 16.4. The molecule has 0 radical (unpaired) electrons. The van der Waals surface area contributed by atoms with Crippen molar-refractivity contribution >= 4 is 11.6 Å². The molecule has 2 N–H and O–H groups in total. The highest BCUT2D eigenvalue weighted by molar-refractivity contribution is 5.79. The van der Waals surface area contributed by atoms with E-state index in [0.29, 0.717) is 6.54 Å². The van der Waals surface area contributed by atoms with Crippen LogP contribution in [-0.4, -0.2) is 47.4 Å². The molecule has 0 amide bonds. The first-order valence-corrected chi connectivity index (χ1v) is 9.59. The van der Waals surface area contributed by atoms with E-state index in [4.69, 9.17) is 9.47 Å². The summed E-state index contributed by atoms with van der Waals surface area (Å²) in [6.45, 7) is 2.58. The van der Waals surface area contributed by atoms with Crippen molar-refractivity contribution in [1.82, 2.24) is 10.6 Å². The number of guanidine groups is 1. The molecule has 0 heterocycles. The molecule has 0 fully saturated rings. The van der Waals surface area contributed by atoms with Crippen molar-refractivity contribution in [2.24, 2.45) is 4.99 Å². The van der Waals surface area contributed by atoms with Crippen LogP contribution in [-0.2, 0) is 6.54 Å². The molecule has 0 aliphatic carbocycles. The zero-order valence-corrected chi connectivity index (χ0v) is 17.4. The van der Waals surface area contributed by atoms with Gasteiger partial charge in [-0.2, -0.15) is 0 Å². The number of methoxy groups -OCH3 is 2. The number of ether oxygens (including phenoxy) is 2. The Labute approximate surface area is 168 Å². The molecule has 152 valence electrons. The van der Waals surface area contributed by atoms with Crippen LogP contribution in [0.25, 0.3) is 0 Å². The summed E-state index contributed by atoms with van der Waals surface area (Å²) in [7, 11) is 7.20. The lowest BCUT2D eigenvalue weighted by molar-refractivity contribution is 0.354. The van der Waals surface area contributed by atoms with Crippen LogP contribution in [0.4, 0.5) is 5.69 Å². The molecule has 0 spiro atoms. The van der Waals surface area contributed by atoms with E-state index in [1.165, 1.54) is 5.69 Å². The van der Waals surface area contributed by atoms with Gasteiger partial charge in [-0.3, -0.25) is 4.99 Å². The monoisotopic (exact) mass is 384 g/mol. The standard InChI is InChI=1S/C22H32N4O2/c1-23-22(25-17-18-12-13-20(27-3)21(16-18)28-4)24-14-8-9-15-26(2)19-10-6-5-7-11-19/h5-7,10-13,16H,8-9,14-15,17H2,1-4H3,(H2,23,24,25). The van der Waals surface area contributed by atoms with Crippen LogP contribution in [0.1, 0.15) is 18.4 Å². The normalized spacial score (nSPS) is 11.1. The van der Waals surface area contributed by atoms with E-state index in [-0.39, 0.29) is 0 Å². The third-order valence-electron chi connectivity index (χ3n) is 4.54. The van der Waals surface area contributed by atoms with Gasteiger partial charge in [0.25, 0.3) is 0 Å². The maximum atomic E-state index is 5.35. The lowest BCUT2D eigenvalue weighted by Gasteiger charge is -2.19. The lowest BCUT2D eigenvalue weighted by atomic mass is 10.2. The van der Waals surface area contributed by atoms with Crippen molar-refractivity contribution in [2.45, 2.75) is 19.4 Å². The molecule has 0 aliphatic rings. The molecule has 0 aliphatic heterocycles. The number of anilines is 1. The van der Waals surface area contributed by atoms with Crippen LogP contribution in [0.15, 0.2) is 53.5 Å². The topological polar surface area (TPSA) is 58.1 Å². The third-order valence-corrected chi connectivity index (χ3v) is 4.54. The van der Waals surface area contributed by atoms with E-state index >= 15 is 0 Å². The Balaban J connectivity index is 1.69. The van der Waals surface area contributed by atoms with Crippen molar-refractivity contribution in [3.63, 3.8) is 0 Å². The van der Waals surface area contributed by atoms with Gasteiger partial charge in [-0.15, -0.1) is 0 Å². The predicted molar refractivity (Wildman–Crippen MR) is 117 cm³/mol. The Morgan fingerprint density at radius 3 is 2.39 bits per heavy atom. The Kier molecular flexibility index (Phi) is 8.98. The quantitative estimate of drug-likeness (QED) is 0.374. The number of unbranched alkanes of at least 4 members (excludes halogenated alkanes) is 1. The Bertz CT molecular complexity index is 735. The number of aliphatic imine (C=N–C) groups is 1. The molecule has 0 saturated heterocycles. The zero-order chi connectivity index (χ0) is 20.2. The largest absolute Gasteiger partial charge is 0.493 e. The van der Waals surface area contributed by atoms with Gasteiger partial charge in [0, 0.05) is 39.4 Å². The highest BCUT2D eigenvalue weighted by Gasteiger charge is 2.05. The molecule has 2 aromatic rings. The first kappa shape index (κ1) is 21.4. The van der Waals surface area contributed by atoms with Crippen LogP contribution in [0.5, 0.6) is 11.5 Å². The molecule has 0 atom stereocenters. The van der Waals surface area contributed by atoms with E-state index in [1.807, 2.05) is 24.3 Å². The summed E-state index contributed by atoms with van der Waals surface area (Å²) >= 11 is 0. The fourth-order valence-corrected chi connectivity index (χ4v) is 2.89. The minimum absolute atomic E-state index is 0.663. The van der Waals surface area contributed by atoms with E-state index < -0.39 is 0 Å². The van der Waals surface area contributed by atoms with Crippen molar-refractivity contribution in [3.05, 3.63) is 54.1 Å². The summed E-state index contributed by atoms with van der Waals surface area (Å²) < 4.78 is 10.6. The second kappa shape index (κ2) is 11.7. The molecule has 6 nitrogen and oxygen atoms in total. The summed E-state index contributed by atoms with van der Waals surface area (Å²) in [5.74, 6) is 2.26. The second-order valence-corrected chi connectivity index (χ2v) is 6.51. The Morgan fingerprint density at radius 2 is 1.71 bits per heavy atom. The minimum Gasteiger partial charge on any atom is -0.493 e. The van der Waals surface area contributed by atoms with Crippen molar-refractivity contribution in [3.8, 4) is 11.5 Å². The smallest absolute Gasteiger partial charge is 0.191 e. The van der Waals surface area contributed by atoms with E-state index in [9.17, 15) is 0 Å². The number of nitrogens with one attached hydrogen (secondary N) is 2. The molecule has 0 aromatic heterocycles. The van der Waals surface area contributed by atoms with Gasteiger partial charge < -0.3 is 25.0 Å². The minimum atomic E-state index is 0.663. The van der Waals surface area contributed by atoms with E-state index in [1.54, 1.807) is 21.3 Å². The number of hydrogen-bond donors (Lipinski definition) is 2. The average Bonchev–Trinajstić information content (AvgIpc) is 2.75. The van der Waals surface area contributed by atoms with Crippen molar-refractivity contribution in [1.29, 1.82) is 0 Å². The second-order valence-electron chi connectivity index (χ2n) is 6.51. The SMILES string of the molecule is CN=C(NCCCCN(C)c1ccccc1)NCc1ccc(OC)c(OC)c1. The summed E-state index contributed by atoms with van der Waals surface area (Å²) in [6.07, 6.45) is 2.19. The number of nitrogens with zero attached hydrogens (tertiary/aromatic N) is 2. The summed E-state index contributed by atoms with van der Waals surface area (Å²) in [5.41, 5.74) is 2.35. The van der Waals surface area contributed by atoms with Crippen LogP contribution < -0.4 is 25.0 Å². The van der Waals surface area contributed by atoms with Gasteiger partial charge in [-0.25, -0.2) is 0 Å². The molecule has 6 heteroatoms. The molecule has 0 saturated carbocycles. The molecular formula is C22H32N4O2. The fraction of sp³-hybridized carbons (Fsp3) is 0.409. The predicted octanol–water partition coefficient (Wildman–Crippen LogP) is 3.29. The van der Waals surface area contributed by atoms with E-state index in [2.05, 4.69) is 51.8 Å². The highest BCUT2D eigenvalue weighted by Crippen LogP contribution is 2.27. The summed E-state index contributed by atoms with van der Waals surface area (Å²) in [4.78, 5) is 6.57. The third kappa shape index (κ3) is 6.68. The van der Waals surface area contributed by atoms with Gasteiger partial charge in [0.15, 0.2) is 17.5 Å². The van der Waals surface area contributed by atoms with Gasteiger partial charge in [0.05, 0.1) is 14.2 Å². The Hall–Kier alpha value is -2.89. The van der Waals surface area contributed by atoms with Gasteiger partial charge >= 0.3 is 0 Å². The molecule has 28 heavy (non-hydrogen) atoms. The maximum Gasteiger partial charge on any atom is 0.191 e. The first-order valence-electron chi connectivity index (χ1n) is 9.59. The number of hydrogen-bond acceptors (Lipinski definition) is 4. The van der Waals surface area contributed by atoms with Crippen LogP contribution in [0.3, 0.4) is 0 Å². The molecule has 2 rings (SSSR count). The highest BCUT2D eigenvalue weighted by atomic mass is 16.5. The van der Waals surface area contributed by atoms with Crippen molar-refractivity contribution in [2.75, 3.05) is 46.3 Å². The fourth-order valence-electron chi connectivity index (χ4n) is 2.89. The molecular weight excluding hydrogens is 352 g/mol. The Morgan fingerprint density at radius 1 is 0.964 bits per heavy atom. The van der Waals surface area contributed by atoms with Gasteiger partial charge in [0.1, 0.15) is 0 Å².